The molecule has 0 aromatic rings. The second kappa shape index (κ2) is 6.27. The van der Waals surface area contributed by atoms with Gasteiger partial charge in [0, 0.05) is 25.7 Å². The molecule has 2 N–H and O–H groups in total. The molecule has 2 heterocycles. The molecule has 0 aromatic carbocycles. The molecule has 2 saturated heterocycles. The van der Waals surface area contributed by atoms with Crippen LogP contribution in [-0.2, 0) is 9.59 Å². The molecule has 2 aliphatic heterocycles. The van der Waals surface area contributed by atoms with E-state index in [9.17, 15) is 14.4 Å². The minimum atomic E-state index is -0.840. The summed E-state index contributed by atoms with van der Waals surface area (Å²) < 4.78 is 0. The molecule has 0 bridgehead atoms. The quantitative estimate of drug-likeness (QED) is 0.727. The summed E-state index contributed by atoms with van der Waals surface area (Å²) in [5, 5.41) is 6.17. The van der Waals surface area contributed by atoms with E-state index >= 15 is 0 Å². The number of nitrogens with one attached hydrogen (secondary N) is 2. The van der Waals surface area contributed by atoms with E-state index < -0.39 is 11.6 Å². The Morgan fingerprint density at radius 3 is 2.60 bits per heavy atom. The lowest BCUT2D eigenvalue weighted by atomic mass is 9.64. The van der Waals surface area contributed by atoms with Crippen LogP contribution in [0.25, 0.3) is 0 Å². The van der Waals surface area contributed by atoms with Gasteiger partial charge >= 0.3 is 6.03 Å². The predicted octanol–water partition coefficient (Wildman–Crippen LogP) is 0.944. The smallest absolute Gasteiger partial charge is 0.325 e. The van der Waals surface area contributed by atoms with E-state index in [4.69, 9.17) is 0 Å². The molecular formula is C18H30N4O3. The lowest BCUT2D eigenvalue weighted by Gasteiger charge is -2.43. The summed E-state index contributed by atoms with van der Waals surface area (Å²) in [4.78, 5) is 41.1. The van der Waals surface area contributed by atoms with Gasteiger partial charge in [0.15, 0.2) is 0 Å². The Morgan fingerprint density at radius 1 is 1.24 bits per heavy atom. The second-order valence-electron chi connectivity index (χ2n) is 8.90. The van der Waals surface area contributed by atoms with Crippen LogP contribution >= 0.6 is 0 Å². The second-order valence-corrected chi connectivity index (χ2v) is 8.90. The number of imide groups is 1. The number of rotatable bonds is 2. The first-order valence-electron chi connectivity index (χ1n) is 9.28. The highest BCUT2D eigenvalue weighted by molar-refractivity contribution is 6.09. The lowest BCUT2D eigenvalue weighted by molar-refractivity contribution is -0.142. The standard InChI is InChI=1S/C18H30N4O3/c1-12-7-17(3,4)11-18(8-12)15(24)22(16(25)20-18)10-14(23)21-6-5-19-9-13(21)2/h12-13,19H,5-11H2,1-4H3,(H,20,25)/t12?,13-,18?/m1/s1. The number of amides is 4. The van der Waals surface area contributed by atoms with Gasteiger partial charge in [-0.15, -0.1) is 0 Å². The minimum Gasteiger partial charge on any atom is -0.336 e. The van der Waals surface area contributed by atoms with Crippen molar-refractivity contribution in [1.29, 1.82) is 0 Å². The van der Waals surface area contributed by atoms with E-state index in [0.29, 0.717) is 25.3 Å². The highest BCUT2D eigenvalue weighted by Gasteiger charge is 2.56. The largest absolute Gasteiger partial charge is 0.336 e. The number of nitrogens with zero attached hydrogens (tertiary/aromatic N) is 2. The Labute approximate surface area is 149 Å². The van der Waals surface area contributed by atoms with Crippen LogP contribution in [0.3, 0.4) is 0 Å². The number of hydrogen-bond acceptors (Lipinski definition) is 4. The molecule has 3 rings (SSSR count). The molecule has 3 atom stereocenters. The molecule has 25 heavy (non-hydrogen) atoms. The summed E-state index contributed by atoms with van der Waals surface area (Å²) in [5.41, 5.74) is -0.846. The average molecular weight is 350 g/mol. The first-order chi connectivity index (χ1) is 11.6. The van der Waals surface area contributed by atoms with Gasteiger partial charge in [0.05, 0.1) is 0 Å². The van der Waals surface area contributed by atoms with Crippen LogP contribution in [0, 0.1) is 11.3 Å². The van der Waals surface area contributed by atoms with Gasteiger partial charge < -0.3 is 15.5 Å². The minimum absolute atomic E-state index is 0.00627. The molecule has 1 spiro atoms. The normalized spacial score (nSPS) is 35.2. The molecule has 0 radical (unpaired) electrons. The Morgan fingerprint density at radius 2 is 1.96 bits per heavy atom. The van der Waals surface area contributed by atoms with Crippen LogP contribution in [0.2, 0.25) is 0 Å². The first-order valence-corrected chi connectivity index (χ1v) is 9.28. The van der Waals surface area contributed by atoms with Crippen LogP contribution in [0.5, 0.6) is 0 Å². The van der Waals surface area contributed by atoms with Crippen molar-refractivity contribution in [3.63, 3.8) is 0 Å². The molecule has 7 heteroatoms. The first kappa shape index (κ1) is 18.2. The maximum atomic E-state index is 13.1. The van der Waals surface area contributed by atoms with Crippen molar-refractivity contribution in [2.75, 3.05) is 26.2 Å². The number of hydrogen-bond donors (Lipinski definition) is 2. The van der Waals surface area contributed by atoms with Gasteiger partial charge in [-0.3, -0.25) is 14.5 Å². The van der Waals surface area contributed by atoms with E-state index in [1.54, 1.807) is 4.90 Å². The zero-order chi connectivity index (χ0) is 18.4. The van der Waals surface area contributed by atoms with Gasteiger partial charge in [0.2, 0.25) is 5.91 Å². The van der Waals surface area contributed by atoms with E-state index in [1.165, 1.54) is 0 Å². The molecule has 7 nitrogen and oxygen atoms in total. The van der Waals surface area contributed by atoms with Crippen LogP contribution < -0.4 is 10.6 Å². The zero-order valence-electron chi connectivity index (χ0n) is 15.7. The lowest BCUT2D eigenvalue weighted by Crippen LogP contribution is -2.56. The van der Waals surface area contributed by atoms with Crippen molar-refractivity contribution in [1.82, 2.24) is 20.4 Å². The van der Waals surface area contributed by atoms with Crippen LogP contribution in [0.1, 0.15) is 47.0 Å². The maximum Gasteiger partial charge on any atom is 0.325 e. The summed E-state index contributed by atoms with van der Waals surface area (Å²) in [6.07, 6.45) is 2.31. The van der Waals surface area contributed by atoms with Crippen molar-refractivity contribution < 1.29 is 14.4 Å². The maximum absolute atomic E-state index is 13.1. The summed E-state index contributed by atoms with van der Waals surface area (Å²) >= 11 is 0. The van der Waals surface area contributed by atoms with Crippen molar-refractivity contribution >= 4 is 17.8 Å². The summed E-state index contributed by atoms with van der Waals surface area (Å²) in [6.45, 7) is 10.3. The monoisotopic (exact) mass is 350 g/mol. The fourth-order valence-corrected chi connectivity index (χ4v) is 5.09. The van der Waals surface area contributed by atoms with Gasteiger partial charge in [0.25, 0.3) is 5.91 Å². The van der Waals surface area contributed by atoms with Crippen LogP contribution in [0.15, 0.2) is 0 Å². The molecule has 4 amide bonds. The van der Waals surface area contributed by atoms with E-state index in [0.717, 1.165) is 24.4 Å². The summed E-state index contributed by atoms with van der Waals surface area (Å²) in [5.74, 6) is -0.0252. The van der Waals surface area contributed by atoms with Gasteiger partial charge in [0.1, 0.15) is 12.1 Å². The van der Waals surface area contributed by atoms with Crippen LogP contribution in [0.4, 0.5) is 4.79 Å². The molecular weight excluding hydrogens is 320 g/mol. The average Bonchev–Trinajstić information content (AvgIpc) is 2.69. The van der Waals surface area contributed by atoms with E-state index in [1.807, 2.05) is 6.92 Å². The molecule has 0 aromatic heterocycles. The predicted molar refractivity (Wildman–Crippen MR) is 93.8 cm³/mol. The number of piperazine rings is 1. The topological polar surface area (TPSA) is 81.8 Å². The Hall–Kier alpha value is -1.63. The zero-order valence-corrected chi connectivity index (χ0v) is 15.7. The fourth-order valence-electron chi connectivity index (χ4n) is 5.09. The number of carbonyl (C=O) groups is 3. The van der Waals surface area contributed by atoms with Crippen LogP contribution in [-0.4, -0.2) is 65.4 Å². The number of urea groups is 1. The summed E-state index contributed by atoms with van der Waals surface area (Å²) in [6, 6.07) is -0.351. The number of carbonyl (C=O) groups excluding carboxylic acids is 3. The van der Waals surface area contributed by atoms with Gasteiger partial charge in [-0.2, -0.15) is 0 Å². The molecule has 2 unspecified atom stereocenters. The van der Waals surface area contributed by atoms with Gasteiger partial charge in [-0.1, -0.05) is 20.8 Å². The molecule has 1 saturated carbocycles. The Bertz CT molecular complexity index is 591. The highest BCUT2D eigenvalue weighted by Crippen LogP contribution is 2.46. The van der Waals surface area contributed by atoms with Crippen molar-refractivity contribution in [3.8, 4) is 0 Å². The SMILES string of the molecule is CC1CC(C)(C)CC2(C1)NC(=O)N(CC(=O)N1CCNC[C@H]1C)C2=O. The summed E-state index contributed by atoms with van der Waals surface area (Å²) in [7, 11) is 0. The highest BCUT2D eigenvalue weighted by atomic mass is 16.2. The Balaban J connectivity index is 1.74. The molecule has 3 fully saturated rings. The van der Waals surface area contributed by atoms with Gasteiger partial charge in [-0.05, 0) is 37.5 Å². The molecule has 140 valence electrons. The van der Waals surface area contributed by atoms with Crippen molar-refractivity contribution in [2.24, 2.45) is 11.3 Å². The van der Waals surface area contributed by atoms with Gasteiger partial charge in [-0.25, -0.2) is 4.79 Å². The third-order valence-electron chi connectivity index (χ3n) is 5.74. The third-order valence-corrected chi connectivity index (χ3v) is 5.74. The van der Waals surface area contributed by atoms with E-state index in [-0.39, 0.29) is 29.8 Å². The fraction of sp³-hybridized carbons (Fsp3) is 0.833. The third kappa shape index (κ3) is 3.38. The van der Waals surface area contributed by atoms with Crippen molar-refractivity contribution in [2.45, 2.75) is 58.5 Å². The van der Waals surface area contributed by atoms with E-state index in [2.05, 4.69) is 31.4 Å². The molecule has 1 aliphatic carbocycles. The van der Waals surface area contributed by atoms with Crippen molar-refractivity contribution in [3.05, 3.63) is 0 Å². The molecule has 3 aliphatic rings. The Kier molecular flexibility index (Phi) is 4.56.